The fraction of sp³-hybridized carbons (Fsp3) is 0.231. The van der Waals surface area contributed by atoms with Gasteiger partial charge in [0, 0.05) is 28.0 Å². The molecule has 1 heterocycles. The Morgan fingerprint density at radius 1 is 1.26 bits per heavy atom. The minimum absolute atomic E-state index is 0.0648. The Labute approximate surface area is 130 Å². The van der Waals surface area contributed by atoms with Crippen LogP contribution in [0, 0.1) is 0 Å². The Hall–Kier alpha value is -0.450. The van der Waals surface area contributed by atoms with Crippen LogP contribution < -0.4 is 5.32 Å². The van der Waals surface area contributed by atoms with Crippen molar-refractivity contribution in [3.05, 3.63) is 49.1 Å². The third kappa shape index (κ3) is 3.77. The molecule has 0 aliphatic carbocycles. The van der Waals surface area contributed by atoms with Crippen molar-refractivity contribution >= 4 is 46.1 Å². The lowest BCUT2D eigenvalue weighted by Crippen LogP contribution is -2.17. The van der Waals surface area contributed by atoms with Gasteiger partial charge >= 0.3 is 0 Å². The molecular formula is C13H12Cl3NOS. The van der Waals surface area contributed by atoms with Crippen LogP contribution in [0.2, 0.25) is 14.4 Å². The number of halogens is 3. The first-order valence-corrected chi connectivity index (χ1v) is 7.58. The standard InChI is InChI=1S/C13H12Cl3NOS/c1-7(11-2-3-12(16)19-11)17-6-8-4-9(14)5-10(15)13(8)18/h2-5,7,17-18H,6H2,1H3. The van der Waals surface area contributed by atoms with Crippen LogP contribution >= 0.6 is 46.1 Å². The Morgan fingerprint density at radius 3 is 2.63 bits per heavy atom. The van der Waals surface area contributed by atoms with Gasteiger partial charge in [-0.1, -0.05) is 34.8 Å². The van der Waals surface area contributed by atoms with Crippen molar-refractivity contribution in [2.24, 2.45) is 0 Å². The molecule has 19 heavy (non-hydrogen) atoms. The molecule has 0 saturated heterocycles. The monoisotopic (exact) mass is 335 g/mol. The summed E-state index contributed by atoms with van der Waals surface area (Å²) in [6.45, 7) is 2.51. The Balaban J connectivity index is 2.06. The molecule has 6 heteroatoms. The summed E-state index contributed by atoms with van der Waals surface area (Å²) in [6, 6.07) is 7.20. The maximum atomic E-state index is 9.86. The van der Waals surface area contributed by atoms with Gasteiger partial charge in [-0.05, 0) is 31.2 Å². The van der Waals surface area contributed by atoms with Crippen molar-refractivity contribution in [2.45, 2.75) is 19.5 Å². The van der Waals surface area contributed by atoms with E-state index >= 15 is 0 Å². The predicted molar refractivity (Wildman–Crippen MR) is 82.7 cm³/mol. The third-order valence-corrected chi connectivity index (χ3v) is 4.65. The second kappa shape index (κ2) is 6.33. The molecule has 0 spiro atoms. The molecule has 0 saturated carbocycles. The van der Waals surface area contributed by atoms with Crippen LogP contribution in [0.1, 0.15) is 23.4 Å². The van der Waals surface area contributed by atoms with Crippen molar-refractivity contribution in [3.8, 4) is 5.75 Å². The Morgan fingerprint density at radius 2 is 2.00 bits per heavy atom. The second-order valence-corrected chi connectivity index (χ2v) is 6.73. The minimum Gasteiger partial charge on any atom is -0.506 e. The molecule has 0 aliphatic heterocycles. The zero-order valence-corrected chi connectivity index (χ0v) is 13.2. The number of hydrogen-bond donors (Lipinski definition) is 2. The van der Waals surface area contributed by atoms with E-state index in [9.17, 15) is 5.11 Å². The number of hydrogen-bond acceptors (Lipinski definition) is 3. The lowest BCUT2D eigenvalue weighted by atomic mass is 10.2. The number of thiophene rings is 1. The zero-order chi connectivity index (χ0) is 14.0. The van der Waals surface area contributed by atoms with Gasteiger partial charge in [0.2, 0.25) is 0 Å². The summed E-state index contributed by atoms with van der Waals surface area (Å²) < 4.78 is 0.761. The van der Waals surface area contributed by atoms with Gasteiger partial charge in [-0.15, -0.1) is 11.3 Å². The lowest BCUT2D eigenvalue weighted by molar-refractivity contribution is 0.461. The Bertz CT molecular complexity index is 585. The summed E-state index contributed by atoms with van der Waals surface area (Å²) in [4.78, 5) is 1.14. The highest BCUT2D eigenvalue weighted by Crippen LogP contribution is 2.32. The van der Waals surface area contributed by atoms with Gasteiger partial charge in [0.25, 0.3) is 0 Å². The summed E-state index contributed by atoms with van der Waals surface area (Å²) in [6.07, 6.45) is 0. The first-order chi connectivity index (χ1) is 8.97. The molecule has 2 aromatic rings. The van der Waals surface area contributed by atoms with Crippen LogP contribution in [0.25, 0.3) is 0 Å². The average molecular weight is 337 g/mol. The van der Waals surface area contributed by atoms with E-state index in [0.29, 0.717) is 17.1 Å². The molecule has 102 valence electrons. The summed E-state index contributed by atoms with van der Waals surface area (Å²) in [5.74, 6) is 0.0648. The van der Waals surface area contributed by atoms with Crippen LogP contribution in [-0.2, 0) is 6.54 Å². The zero-order valence-electron chi connectivity index (χ0n) is 10.1. The molecule has 0 aliphatic rings. The molecule has 1 unspecified atom stereocenters. The van der Waals surface area contributed by atoms with Crippen molar-refractivity contribution in [1.29, 1.82) is 0 Å². The smallest absolute Gasteiger partial charge is 0.138 e. The summed E-state index contributed by atoms with van der Waals surface area (Å²) in [7, 11) is 0. The number of benzene rings is 1. The van der Waals surface area contributed by atoms with Crippen molar-refractivity contribution in [3.63, 3.8) is 0 Å². The highest BCUT2D eigenvalue weighted by molar-refractivity contribution is 7.16. The van der Waals surface area contributed by atoms with Gasteiger partial charge in [-0.3, -0.25) is 0 Å². The number of phenolic OH excluding ortho intramolecular Hbond substituents is 1. The molecule has 0 bridgehead atoms. The maximum Gasteiger partial charge on any atom is 0.138 e. The average Bonchev–Trinajstić information content (AvgIpc) is 2.78. The second-order valence-electron chi connectivity index (χ2n) is 4.14. The van der Waals surface area contributed by atoms with E-state index in [2.05, 4.69) is 5.32 Å². The molecule has 2 N–H and O–H groups in total. The van der Waals surface area contributed by atoms with Gasteiger partial charge < -0.3 is 10.4 Å². The highest BCUT2D eigenvalue weighted by Gasteiger charge is 2.11. The first-order valence-electron chi connectivity index (χ1n) is 5.63. The van der Waals surface area contributed by atoms with E-state index in [1.54, 1.807) is 6.07 Å². The van der Waals surface area contributed by atoms with E-state index in [0.717, 1.165) is 9.21 Å². The number of aromatic hydroxyl groups is 1. The van der Waals surface area contributed by atoms with Crippen molar-refractivity contribution in [2.75, 3.05) is 0 Å². The summed E-state index contributed by atoms with van der Waals surface area (Å²) in [5, 5.41) is 13.9. The molecular weight excluding hydrogens is 325 g/mol. The molecule has 2 nitrogen and oxygen atoms in total. The fourth-order valence-corrected chi connectivity index (χ4v) is 3.30. The van der Waals surface area contributed by atoms with Gasteiger partial charge in [0.1, 0.15) is 5.75 Å². The van der Waals surface area contributed by atoms with Gasteiger partial charge in [-0.25, -0.2) is 0 Å². The molecule has 0 amide bonds. The summed E-state index contributed by atoms with van der Waals surface area (Å²) >= 11 is 19.2. The van der Waals surface area contributed by atoms with Crippen LogP contribution in [0.15, 0.2) is 24.3 Å². The van der Waals surface area contributed by atoms with Crippen LogP contribution in [-0.4, -0.2) is 5.11 Å². The topological polar surface area (TPSA) is 32.3 Å². The van der Waals surface area contributed by atoms with Gasteiger partial charge in [0.15, 0.2) is 0 Å². The SMILES string of the molecule is CC(NCc1cc(Cl)cc(Cl)c1O)c1ccc(Cl)s1. The Kier molecular flexibility index (Phi) is 4.98. The largest absolute Gasteiger partial charge is 0.506 e. The van der Waals surface area contributed by atoms with E-state index < -0.39 is 0 Å². The van der Waals surface area contributed by atoms with Gasteiger partial charge in [-0.2, -0.15) is 0 Å². The highest BCUT2D eigenvalue weighted by atomic mass is 35.5. The molecule has 2 rings (SSSR count). The van der Waals surface area contributed by atoms with Crippen molar-refractivity contribution < 1.29 is 5.11 Å². The van der Waals surface area contributed by atoms with Crippen LogP contribution in [0.3, 0.4) is 0 Å². The molecule has 1 aromatic heterocycles. The number of phenols is 1. The van der Waals surface area contributed by atoms with Crippen LogP contribution in [0.5, 0.6) is 5.75 Å². The predicted octanol–water partition coefficient (Wildman–Crippen LogP) is 5.26. The van der Waals surface area contributed by atoms with Gasteiger partial charge in [0.05, 0.1) is 9.36 Å². The lowest BCUT2D eigenvalue weighted by Gasteiger charge is -2.13. The normalized spacial score (nSPS) is 12.6. The fourth-order valence-electron chi connectivity index (χ4n) is 1.68. The quantitative estimate of drug-likeness (QED) is 0.797. The van der Waals surface area contributed by atoms with Crippen molar-refractivity contribution in [1.82, 2.24) is 5.32 Å². The summed E-state index contributed by atoms with van der Waals surface area (Å²) in [5.41, 5.74) is 0.673. The molecule has 0 radical (unpaired) electrons. The molecule has 1 aromatic carbocycles. The number of nitrogens with one attached hydrogen (secondary N) is 1. The van der Waals surface area contributed by atoms with E-state index in [-0.39, 0.29) is 16.8 Å². The van der Waals surface area contributed by atoms with E-state index in [1.165, 1.54) is 17.4 Å². The van der Waals surface area contributed by atoms with E-state index in [4.69, 9.17) is 34.8 Å². The third-order valence-electron chi connectivity index (χ3n) is 2.73. The number of rotatable bonds is 4. The molecule has 0 fully saturated rings. The van der Waals surface area contributed by atoms with Crippen LogP contribution in [0.4, 0.5) is 0 Å². The first kappa shape index (κ1) is 14.9. The minimum atomic E-state index is 0.0648. The maximum absolute atomic E-state index is 9.86. The van der Waals surface area contributed by atoms with E-state index in [1.807, 2.05) is 19.1 Å². The molecule has 1 atom stereocenters.